The lowest BCUT2D eigenvalue weighted by molar-refractivity contribution is -0.134. The zero-order valence-corrected chi connectivity index (χ0v) is 19.0. The highest BCUT2D eigenvalue weighted by Crippen LogP contribution is 2.65. The van der Waals surface area contributed by atoms with Crippen LogP contribution in [0.4, 0.5) is 0 Å². The van der Waals surface area contributed by atoms with Crippen LogP contribution in [0.5, 0.6) is 11.5 Å². The molecule has 0 atom stereocenters. The molecule has 2 aromatic carbocycles. The van der Waals surface area contributed by atoms with Gasteiger partial charge >= 0.3 is 11.9 Å². The van der Waals surface area contributed by atoms with Crippen LogP contribution in [0.3, 0.4) is 0 Å². The van der Waals surface area contributed by atoms with Crippen LogP contribution in [-0.2, 0) is 15.0 Å². The Bertz CT molecular complexity index is 898. The third-order valence-corrected chi connectivity index (χ3v) is 8.13. The minimum Gasteiger partial charge on any atom is -0.427 e. The van der Waals surface area contributed by atoms with Crippen LogP contribution >= 0.6 is 0 Å². The molecule has 0 N–H and O–H groups in total. The summed E-state index contributed by atoms with van der Waals surface area (Å²) in [6, 6.07) is 16.5. The molecule has 4 bridgehead atoms. The quantitative estimate of drug-likeness (QED) is 0.411. The third-order valence-electron chi connectivity index (χ3n) is 8.13. The van der Waals surface area contributed by atoms with Crippen LogP contribution in [-0.4, -0.2) is 11.9 Å². The first-order chi connectivity index (χ1) is 15.5. The van der Waals surface area contributed by atoms with E-state index in [0.717, 1.165) is 11.8 Å². The van der Waals surface area contributed by atoms with E-state index in [-0.39, 0.29) is 17.4 Å². The molecule has 32 heavy (non-hydrogen) atoms. The van der Waals surface area contributed by atoms with Gasteiger partial charge in [-0.15, -0.1) is 0 Å². The molecule has 4 saturated carbocycles. The Labute approximate surface area is 190 Å². The van der Waals surface area contributed by atoms with Crippen LogP contribution in [0.2, 0.25) is 0 Å². The Hall–Kier alpha value is -2.62. The van der Waals surface area contributed by atoms with Crippen molar-refractivity contribution in [3.05, 3.63) is 59.7 Å². The summed E-state index contributed by atoms with van der Waals surface area (Å²) >= 11 is 0. The molecule has 0 amide bonds. The molecule has 4 aliphatic rings. The molecule has 0 aliphatic heterocycles. The molecule has 2 aromatic rings. The van der Waals surface area contributed by atoms with Gasteiger partial charge in [0.2, 0.25) is 0 Å². The summed E-state index contributed by atoms with van der Waals surface area (Å²) in [5.41, 5.74) is 2.61. The highest BCUT2D eigenvalue weighted by molar-refractivity contribution is 5.72. The molecule has 0 heterocycles. The van der Waals surface area contributed by atoms with E-state index in [4.69, 9.17) is 9.47 Å². The maximum atomic E-state index is 11.7. The van der Waals surface area contributed by atoms with Gasteiger partial charge in [-0.1, -0.05) is 38.1 Å². The monoisotopic (exact) mass is 432 g/mol. The summed E-state index contributed by atoms with van der Waals surface area (Å²) in [6.45, 7) is 3.61. The van der Waals surface area contributed by atoms with E-state index in [1.165, 1.54) is 43.2 Å². The molecule has 0 spiro atoms. The summed E-state index contributed by atoms with van der Waals surface area (Å²) < 4.78 is 10.9. The number of ether oxygens (including phenoxy) is 2. The Morgan fingerprint density at radius 1 is 0.688 bits per heavy atom. The normalized spacial score (nSPS) is 27.2. The van der Waals surface area contributed by atoms with Crippen LogP contribution in [0, 0.1) is 23.7 Å². The van der Waals surface area contributed by atoms with E-state index in [0.29, 0.717) is 36.2 Å². The van der Waals surface area contributed by atoms with Gasteiger partial charge in [-0.2, -0.15) is 0 Å². The van der Waals surface area contributed by atoms with Gasteiger partial charge in [0.25, 0.3) is 0 Å². The first-order valence-corrected chi connectivity index (χ1v) is 12.1. The van der Waals surface area contributed by atoms with E-state index in [1.54, 1.807) is 0 Å². The predicted molar refractivity (Wildman–Crippen MR) is 123 cm³/mol. The Kier molecular flexibility index (Phi) is 5.56. The molecule has 4 fully saturated rings. The Balaban J connectivity index is 1.54. The molecule has 168 valence electrons. The Morgan fingerprint density at radius 2 is 1.06 bits per heavy atom. The number of esters is 2. The molecule has 0 unspecified atom stereocenters. The van der Waals surface area contributed by atoms with Gasteiger partial charge in [0.05, 0.1) is 0 Å². The second-order valence-corrected chi connectivity index (χ2v) is 9.88. The second kappa shape index (κ2) is 8.38. The lowest BCUT2D eigenvalue weighted by atomic mass is 9.42. The van der Waals surface area contributed by atoms with Crippen LogP contribution < -0.4 is 9.47 Å². The van der Waals surface area contributed by atoms with E-state index < -0.39 is 0 Å². The predicted octanol–water partition coefficient (Wildman–Crippen LogP) is 6.06. The number of carbonyl (C=O) groups is 2. The summed E-state index contributed by atoms with van der Waals surface area (Å²) in [5, 5.41) is 0. The first-order valence-electron chi connectivity index (χ1n) is 12.1. The average molecular weight is 433 g/mol. The largest absolute Gasteiger partial charge is 0.427 e. The van der Waals surface area contributed by atoms with Gasteiger partial charge < -0.3 is 9.47 Å². The van der Waals surface area contributed by atoms with Crippen molar-refractivity contribution in [2.24, 2.45) is 23.7 Å². The maximum Gasteiger partial charge on any atom is 0.310 e. The highest BCUT2D eigenvalue weighted by atomic mass is 16.5. The molecule has 4 aliphatic carbocycles. The van der Waals surface area contributed by atoms with E-state index in [1.807, 2.05) is 38.1 Å². The molecule has 4 nitrogen and oxygen atoms in total. The fraction of sp³-hybridized carbons (Fsp3) is 0.500. The van der Waals surface area contributed by atoms with Crippen molar-refractivity contribution in [1.29, 1.82) is 0 Å². The number of benzene rings is 2. The van der Waals surface area contributed by atoms with Gasteiger partial charge in [0.1, 0.15) is 11.5 Å². The summed E-state index contributed by atoms with van der Waals surface area (Å²) in [4.78, 5) is 23.4. The summed E-state index contributed by atoms with van der Waals surface area (Å²) in [6.07, 6.45) is 7.28. The fourth-order valence-corrected chi connectivity index (χ4v) is 7.04. The van der Waals surface area contributed by atoms with Gasteiger partial charge in [-0.25, -0.2) is 0 Å². The summed E-state index contributed by atoms with van der Waals surface area (Å²) in [7, 11) is 0. The van der Waals surface area contributed by atoms with Crippen molar-refractivity contribution in [1.82, 2.24) is 0 Å². The van der Waals surface area contributed by atoms with Crippen molar-refractivity contribution < 1.29 is 19.1 Å². The number of carbonyl (C=O) groups excluding carboxylic acids is 2. The lowest BCUT2D eigenvalue weighted by Gasteiger charge is -2.62. The molecular formula is C28H32O4. The third kappa shape index (κ3) is 3.54. The standard InChI is InChI=1S/C28H32O4/c1-3-26(29)31-24-9-5-20(6-10-24)28(21-7-11-25(12-8-21)32-27(30)4-2)22-14-18-13-19(16-22)17-23(28)15-18/h5-12,18-19,22-23H,3-4,13-17H2,1-2H3. The first kappa shape index (κ1) is 21.2. The van der Waals surface area contributed by atoms with Crippen molar-refractivity contribution in [2.75, 3.05) is 0 Å². The average Bonchev–Trinajstić information content (AvgIpc) is 2.80. The number of rotatable bonds is 6. The molecule has 0 aromatic heterocycles. The highest BCUT2D eigenvalue weighted by Gasteiger charge is 2.58. The van der Waals surface area contributed by atoms with Gasteiger partial charge in [-0.3, -0.25) is 9.59 Å². The minimum absolute atomic E-state index is 0.0337. The zero-order chi connectivity index (χ0) is 22.3. The topological polar surface area (TPSA) is 52.6 Å². The lowest BCUT2D eigenvalue weighted by Crippen LogP contribution is -2.56. The van der Waals surface area contributed by atoms with E-state index in [9.17, 15) is 9.59 Å². The molecule has 4 heteroatoms. The van der Waals surface area contributed by atoms with Gasteiger partial charge in [0, 0.05) is 18.3 Å². The Morgan fingerprint density at radius 3 is 1.41 bits per heavy atom. The van der Waals surface area contributed by atoms with E-state index in [2.05, 4.69) is 24.3 Å². The molecular weight excluding hydrogens is 400 g/mol. The number of hydrogen-bond donors (Lipinski definition) is 0. The van der Waals surface area contributed by atoms with Gasteiger partial charge in [-0.05, 0) is 91.2 Å². The van der Waals surface area contributed by atoms with Crippen molar-refractivity contribution >= 4 is 11.9 Å². The van der Waals surface area contributed by atoms with Crippen molar-refractivity contribution in [3.63, 3.8) is 0 Å². The molecule has 6 rings (SSSR count). The summed E-state index contributed by atoms with van der Waals surface area (Å²) in [5.74, 6) is 3.76. The van der Waals surface area contributed by atoms with Gasteiger partial charge in [0.15, 0.2) is 0 Å². The second-order valence-electron chi connectivity index (χ2n) is 9.88. The van der Waals surface area contributed by atoms with Crippen LogP contribution in [0.25, 0.3) is 0 Å². The SMILES string of the molecule is CCC(=O)Oc1ccc(C2(c3ccc(OC(=O)CC)cc3)C3CC4CC(C3)CC2C4)cc1. The molecule has 0 saturated heterocycles. The van der Waals surface area contributed by atoms with Crippen molar-refractivity contribution in [3.8, 4) is 11.5 Å². The molecule has 0 radical (unpaired) electrons. The fourth-order valence-electron chi connectivity index (χ4n) is 7.04. The van der Waals surface area contributed by atoms with Crippen molar-refractivity contribution in [2.45, 2.75) is 64.2 Å². The van der Waals surface area contributed by atoms with Crippen LogP contribution in [0.15, 0.2) is 48.5 Å². The minimum atomic E-state index is -0.209. The van der Waals surface area contributed by atoms with E-state index >= 15 is 0 Å². The number of hydrogen-bond acceptors (Lipinski definition) is 4. The van der Waals surface area contributed by atoms with Crippen LogP contribution in [0.1, 0.15) is 69.9 Å². The maximum absolute atomic E-state index is 11.7. The zero-order valence-electron chi connectivity index (χ0n) is 19.0. The smallest absolute Gasteiger partial charge is 0.310 e.